The van der Waals surface area contributed by atoms with Crippen LogP contribution in [0.2, 0.25) is 0 Å². The van der Waals surface area contributed by atoms with Gasteiger partial charge >= 0.3 is 0 Å². The molecule has 144 valence electrons. The molecule has 0 spiro atoms. The maximum Gasteiger partial charge on any atom is 0.191 e. The monoisotopic (exact) mass is 481 g/mol. The predicted octanol–water partition coefficient (Wildman–Crippen LogP) is 3.24. The number of halogens is 1. The van der Waals surface area contributed by atoms with Gasteiger partial charge in [0, 0.05) is 25.9 Å². The minimum Gasteiger partial charge on any atom is -0.357 e. The fraction of sp³-hybridized carbons (Fsp3) is 0.611. The van der Waals surface area contributed by atoms with Gasteiger partial charge in [-0.05, 0) is 49.8 Å². The third kappa shape index (κ3) is 10.7. The fourth-order valence-corrected chi connectivity index (χ4v) is 2.89. The molecular weight excluding hydrogens is 449 g/mol. The van der Waals surface area contributed by atoms with E-state index in [-0.39, 0.29) is 24.0 Å². The molecule has 0 bridgehead atoms. The molecule has 0 aliphatic rings. The minimum atomic E-state index is -3.12. The molecule has 0 unspecified atom stereocenters. The molecule has 0 radical (unpaired) electrons. The lowest BCUT2D eigenvalue weighted by atomic mass is 10.1. The van der Waals surface area contributed by atoms with Gasteiger partial charge in [-0.15, -0.1) is 24.0 Å². The second kappa shape index (κ2) is 12.5. The van der Waals surface area contributed by atoms with E-state index in [4.69, 9.17) is 0 Å². The van der Waals surface area contributed by atoms with E-state index in [0.29, 0.717) is 10.8 Å². The minimum absolute atomic E-state index is 0. The maximum absolute atomic E-state index is 11.5. The molecular formula is C18H32IN3O2S. The summed E-state index contributed by atoms with van der Waals surface area (Å²) in [6, 6.07) is 7.06. The standard InChI is InChI=1S/C18H31N3O2S.HI/c1-5-19-18(20-13-6-7-15(2)3)21-14-12-16-8-10-17(11-9-16)24(4,22)23;/h8-11,15H,5-7,12-14H2,1-4H3,(H2,19,20,21);1H. The second-order valence-corrected chi connectivity index (χ2v) is 8.41. The van der Waals surface area contributed by atoms with Crippen molar-refractivity contribution in [2.24, 2.45) is 10.9 Å². The van der Waals surface area contributed by atoms with Gasteiger partial charge < -0.3 is 10.6 Å². The van der Waals surface area contributed by atoms with Crippen molar-refractivity contribution in [3.05, 3.63) is 29.8 Å². The molecule has 25 heavy (non-hydrogen) atoms. The van der Waals surface area contributed by atoms with Crippen LogP contribution in [0, 0.1) is 5.92 Å². The van der Waals surface area contributed by atoms with Crippen LogP contribution in [-0.2, 0) is 16.3 Å². The van der Waals surface area contributed by atoms with Gasteiger partial charge in [0.1, 0.15) is 0 Å². The van der Waals surface area contributed by atoms with Crippen molar-refractivity contribution in [1.82, 2.24) is 10.6 Å². The molecule has 0 aliphatic carbocycles. The quantitative estimate of drug-likeness (QED) is 0.246. The van der Waals surface area contributed by atoms with Gasteiger partial charge in [0.25, 0.3) is 0 Å². The van der Waals surface area contributed by atoms with Crippen molar-refractivity contribution >= 4 is 39.8 Å². The van der Waals surface area contributed by atoms with Crippen LogP contribution < -0.4 is 10.6 Å². The number of nitrogens with one attached hydrogen (secondary N) is 2. The lowest BCUT2D eigenvalue weighted by Gasteiger charge is -2.11. The summed E-state index contributed by atoms with van der Waals surface area (Å²) in [6.07, 6.45) is 4.33. The van der Waals surface area contributed by atoms with Gasteiger partial charge in [-0.1, -0.05) is 26.0 Å². The van der Waals surface area contributed by atoms with Gasteiger partial charge in [-0.3, -0.25) is 4.99 Å². The number of nitrogens with zero attached hydrogens (tertiary/aromatic N) is 1. The van der Waals surface area contributed by atoms with Gasteiger partial charge in [-0.2, -0.15) is 0 Å². The van der Waals surface area contributed by atoms with Crippen LogP contribution >= 0.6 is 24.0 Å². The van der Waals surface area contributed by atoms with E-state index in [1.165, 1.54) is 12.7 Å². The van der Waals surface area contributed by atoms with E-state index in [9.17, 15) is 8.42 Å². The van der Waals surface area contributed by atoms with Crippen molar-refractivity contribution in [2.75, 3.05) is 25.9 Å². The highest BCUT2D eigenvalue weighted by atomic mass is 127. The maximum atomic E-state index is 11.5. The Kier molecular flexibility index (Phi) is 12.1. The van der Waals surface area contributed by atoms with Crippen molar-refractivity contribution in [1.29, 1.82) is 0 Å². The van der Waals surface area contributed by atoms with E-state index in [2.05, 4.69) is 36.4 Å². The number of sulfone groups is 1. The summed E-state index contributed by atoms with van der Waals surface area (Å²) < 4.78 is 22.9. The number of guanidine groups is 1. The second-order valence-electron chi connectivity index (χ2n) is 6.39. The van der Waals surface area contributed by atoms with Gasteiger partial charge in [-0.25, -0.2) is 8.42 Å². The highest BCUT2D eigenvalue weighted by Crippen LogP contribution is 2.10. The largest absolute Gasteiger partial charge is 0.357 e. The van der Waals surface area contributed by atoms with Crippen LogP contribution in [0.5, 0.6) is 0 Å². The fourth-order valence-electron chi connectivity index (χ4n) is 2.26. The Labute approximate surface area is 170 Å². The lowest BCUT2D eigenvalue weighted by molar-refractivity contribution is 0.560. The first-order valence-corrected chi connectivity index (χ1v) is 10.5. The molecule has 0 saturated carbocycles. The average Bonchev–Trinajstić information content (AvgIpc) is 2.51. The summed E-state index contributed by atoms with van der Waals surface area (Å²) in [5, 5.41) is 6.57. The number of aliphatic imine (C=N–C) groups is 1. The Morgan fingerprint density at radius 3 is 2.32 bits per heavy atom. The number of hydrogen-bond donors (Lipinski definition) is 2. The normalized spacial score (nSPS) is 12.0. The first-order valence-electron chi connectivity index (χ1n) is 8.64. The smallest absolute Gasteiger partial charge is 0.191 e. The lowest BCUT2D eigenvalue weighted by Crippen LogP contribution is -2.38. The molecule has 1 rings (SSSR count). The summed E-state index contributed by atoms with van der Waals surface area (Å²) in [7, 11) is -3.12. The van der Waals surface area contributed by atoms with Gasteiger partial charge in [0.05, 0.1) is 4.90 Å². The van der Waals surface area contributed by atoms with Crippen molar-refractivity contribution < 1.29 is 8.42 Å². The highest BCUT2D eigenvalue weighted by molar-refractivity contribution is 14.0. The molecule has 1 aromatic carbocycles. The Morgan fingerprint density at radius 1 is 1.16 bits per heavy atom. The molecule has 0 amide bonds. The molecule has 0 aliphatic heterocycles. The van der Waals surface area contributed by atoms with Crippen molar-refractivity contribution in [3.63, 3.8) is 0 Å². The van der Waals surface area contributed by atoms with Crippen LogP contribution in [0.15, 0.2) is 34.2 Å². The van der Waals surface area contributed by atoms with E-state index in [0.717, 1.165) is 44.0 Å². The van der Waals surface area contributed by atoms with E-state index < -0.39 is 9.84 Å². The molecule has 0 atom stereocenters. The third-order valence-electron chi connectivity index (χ3n) is 3.61. The van der Waals surface area contributed by atoms with Crippen LogP contribution in [0.4, 0.5) is 0 Å². The molecule has 0 heterocycles. The molecule has 0 fully saturated rings. The summed E-state index contributed by atoms with van der Waals surface area (Å²) in [4.78, 5) is 4.94. The van der Waals surface area contributed by atoms with E-state index >= 15 is 0 Å². The van der Waals surface area contributed by atoms with Crippen LogP contribution in [0.25, 0.3) is 0 Å². The molecule has 2 N–H and O–H groups in total. The Bertz CT molecular complexity index is 614. The van der Waals surface area contributed by atoms with Crippen LogP contribution in [-0.4, -0.2) is 40.3 Å². The first kappa shape index (κ1) is 24.2. The van der Waals surface area contributed by atoms with Crippen molar-refractivity contribution in [3.8, 4) is 0 Å². The molecule has 0 aromatic heterocycles. The van der Waals surface area contributed by atoms with E-state index in [1.807, 2.05) is 12.1 Å². The van der Waals surface area contributed by atoms with Gasteiger partial charge in [0.15, 0.2) is 15.8 Å². The zero-order valence-electron chi connectivity index (χ0n) is 15.7. The Balaban J connectivity index is 0.00000576. The SMILES string of the molecule is CCNC(=NCCCC(C)C)NCCc1ccc(S(C)(=O)=O)cc1.I. The summed E-state index contributed by atoms with van der Waals surface area (Å²) in [5.41, 5.74) is 1.10. The third-order valence-corrected chi connectivity index (χ3v) is 4.74. The molecule has 1 aromatic rings. The molecule has 7 heteroatoms. The molecule has 5 nitrogen and oxygen atoms in total. The Morgan fingerprint density at radius 2 is 1.80 bits per heavy atom. The predicted molar refractivity (Wildman–Crippen MR) is 117 cm³/mol. The number of hydrogen-bond acceptors (Lipinski definition) is 3. The van der Waals surface area contributed by atoms with Crippen LogP contribution in [0.1, 0.15) is 39.2 Å². The molecule has 0 saturated heterocycles. The Hall–Kier alpha value is -0.830. The number of rotatable bonds is 9. The highest BCUT2D eigenvalue weighted by Gasteiger charge is 2.06. The zero-order valence-corrected chi connectivity index (χ0v) is 18.9. The van der Waals surface area contributed by atoms with Gasteiger partial charge in [0.2, 0.25) is 0 Å². The first-order chi connectivity index (χ1) is 11.3. The van der Waals surface area contributed by atoms with Crippen LogP contribution in [0.3, 0.4) is 0 Å². The summed E-state index contributed by atoms with van der Waals surface area (Å²) >= 11 is 0. The topological polar surface area (TPSA) is 70.6 Å². The zero-order chi connectivity index (χ0) is 18.0. The van der Waals surface area contributed by atoms with E-state index in [1.54, 1.807) is 12.1 Å². The summed E-state index contributed by atoms with van der Waals surface area (Å²) in [5.74, 6) is 1.56. The average molecular weight is 481 g/mol. The summed E-state index contributed by atoms with van der Waals surface area (Å²) in [6.45, 7) is 8.92. The van der Waals surface area contributed by atoms with Crippen molar-refractivity contribution in [2.45, 2.75) is 44.9 Å². The number of benzene rings is 1.